The summed E-state index contributed by atoms with van der Waals surface area (Å²) in [6.45, 7) is 6.16. The third-order valence-electron chi connectivity index (χ3n) is 4.50. The fraction of sp³-hybridized carbons (Fsp3) is 0.857. The zero-order valence-electron chi connectivity index (χ0n) is 11.8. The number of carbonyl (C=O) groups is 2. The van der Waals surface area contributed by atoms with Crippen LogP contribution >= 0.6 is 0 Å². The van der Waals surface area contributed by atoms with Crippen LogP contribution in [0.3, 0.4) is 0 Å². The molecule has 0 radical (unpaired) electrons. The van der Waals surface area contributed by atoms with Crippen molar-refractivity contribution in [3.8, 4) is 0 Å². The van der Waals surface area contributed by atoms with E-state index in [1.807, 2.05) is 0 Å². The topological polar surface area (TPSA) is 69.6 Å². The highest BCUT2D eigenvalue weighted by atomic mass is 16.4. The molecule has 0 bridgehead atoms. The summed E-state index contributed by atoms with van der Waals surface area (Å²) in [4.78, 5) is 25.2. The summed E-state index contributed by atoms with van der Waals surface area (Å²) < 4.78 is 0. The number of aliphatic carboxylic acids is 1. The van der Waals surface area contributed by atoms with Crippen LogP contribution in [0, 0.1) is 17.8 Å². The molecule has 108 valence electrons. The van der Waals surface area contributed by atoms with Crippen LogP contribution in [0.1, 0.15) is 33.1 Å². The minimum Gasteiger partial charge on any atom is -0.481 e. The zero-order valence-corrected chi connectivity index (χ0v) is 11.8. The van der Waals surface area contributed by atoms with Crippen LogP contribution in [-0.4, -0.2) is 47.6 Å². The molecule has 5 nitrogen and oxygen atoms in total. The quantitative estimate of drug-likeness (QED) is 0.752. The van der Waals surface area contributed by atoms with Gasteiger partial charge < -0.3 is 15.3 Å². The number of carbonyl (C=O) groups excluding carboxylic acids is 1. The van der Waals surface area contributed by atoms with Gasteiger partial charge in [-0.3, -0.25) is 9.59 Å². The largest absolute Gasteiger partial charge is 0.481 e. The van der Waals surface area contributed by atoms with Gasteiger partial charge in [-0.15, -0.1) is 0 Å². The van der Waals surface area contributed by atoms with Gasteiger partial charge in [0.05, 0.1) is 5.92 Å². The summed E-state index contributed by atoms with van der Waals surface area (Å²) >= 11 is 0. The average molecular weight is 268 g/mol. The van der Waals surface area contributed by atoms with Crippen LogP contribution < -0.4 is 5.32 Å². The molecule has 2 fully saturated rings. The molecule has 2 rings (SSSR count). The number of nitrogens with zero attached hydrogens (tertiary/aromatic N) is 1. The maximum atomic E-state index is 11.9. The second-order valence-corrected chi connectivity index (χ2v) is 6.04. The number of likely N-dealkylation sites (tertiary alicyclic amines) is 1. The summed E-state index contributed by atoms with van der Waals surface area (Å²) in [6.07, 6.45) is 3.79. The lowest BCUT2D eigenvalue weighted by Crippen LogP contribution is -2.38. The molecule has 1 saturated carbocycles. The fourth-order valence-electron chi connectivity index (χ4n) is 2.65. The first kappa shape index (κ1) is 14.3. The Morgan fingerprint density at radius 2 is 1.95 bits per heavy atom. The third kappa shape index (κ3) is 3.69. The minimum atomic E-state index is -0.913. The predicted molar refractivity (Wildman–Crippen MR) is 71.7 cm³/mol. The van der Waals surface area contributed by atoms with Gasteiger partial charge >= 0.3 is 5.97 Å². The molecule has 2 N–H and O–H groups in total. The van der Waals surface area contributed by atoms with Crippen LogP contribution in [0.2, 0.25) is 0 Å². The molecule has 0 aromatic carbocycles. The fourth-order valence-corrected chi connectivity index (χ4v) is 2.65. The number of carboxylic acids is 1. The lowest BCUT2D eigenvalue weighted by molar-refractivity contribution is -0.146. The van der Waals surface area contributed by atoms with Gasteiger partial charge in [0, 0.05) is 25.0 Å². The van der Waals surface area contributed by atoms with Crippen LogP contribution in [0.15, 0.2) is 0 Å². The van der Waals surface area contributed by atoms with Crippen LogP contribution in [0.25, 0.3) is 0 Å². The molecule has 1 aliphatic heterocycles. The Kier molecular flexibility index (Phi) is 4.45. The Morgan fingerprint density at radius 3 is 2.53 bits per heavy atom. The Labute approximate surface area is 114 Å². The van der Waals surface area contributed by atoms with Crippen molar-refractivity contribution in [3.05, 3.63) is 0 Å². The Morgan fingerprint density at radius 1 is 1.26 bits per heavy atom. The van der Waals surface area contributed by atoms with E-state index in [0.717, 1.165) is 25.6 Å². The maximum Gasteiger partial charge on any atom is 0.307 e. The van der Waals surface area contributed by atoms with Crippen molar-refractivity contribution < 1.29 is 14.7 Å². The van der Waals surface area contributed by atoms with Crippen molar-refractivity contribution in [1.82, 2.24) is 10.2 Å². The number of hydrogen-bond acceptors (Lipinski definition) is 3. The molecule has 0 aromatic heterocycles. The van der Waals surface area contributed by atoms with Gasteiger partial charge in [-0.2, -0.15) is 0 Å². The summed E-state index contributed by atoms with van der Waals surface area (Å²) in [6, 6.07) is 0.798. The van der Waals surface area contributed by atoms with Crippen molar-refractivity contribution in [3.63, 3.8) is 0 Å². The Bertz CT molecular complexity index is 355. The van der Waals surface area contributed by atoms with E-state index in [4.69, 9.17) is 5.11 Å². The van der Waals surface area contributed by atoms with E-state index in [1.54, 1.807) is 13.8 Å². The van der Waals surface area contributed by atoms with Gasteiger partial charge in [0.2, 0.25) is 5.91 Å². The molecule has 3 atom stereocenters. The van der Waals surface area contributed by atoms with E-state index in [9.17, 15) is 9.59 Å². The average Bonchev–Trinajstić information content (AvgIpc) is 3.13. The minimum absolute atomic E-state index is 0.139. The number of rotatable bonds is 6. The third-order valence-corrected chi connectivity index (χ3v) is 4.50. The van der Waals surface area contributed by atoms with Crippen molar-refractivity contribution in [2.45, 2.75) is 39.2 Å². The number of amides is 1. The molecule has 1 aliphatic carbocycles. The van der Waals surface area contributed by atoms with Crippen molar-refractivity contribution >= 4 is 11.9 Å². The van der Waals surface area contributed by atoms with E-state index in [1.165, 1.54) is 12.8 Å². The highest BCUT2D eigenvalue weighted by Crippen LogP contribution is 2.31. The Hall–Kier alpha value is -1.10. The lowest BCUT2D eigenvalue weighted by Gasteiger charge is -2.18. The SMILES string of the molecule is CC(C(=O)O)C(C)C(=O)NCC1CCN(C2CC2)C1. The molecule has 0 aromatic rings. The number of carboxylic acid groups (broad SMARTS) is 1. The van der Waals surface area contributed by atoms with Crippen LogP contribution in [-0.2, 0) is 9.59 Å². The zero-order chi connectivity index (χ0) is 14.0. The maximum absolute atomic E-state index is 11.9. The number of hydrogen-bond donors (Lipinski definition) is 2. The second-order valence-electron chi connectivity index (χ2n) is 6.04. The summed E-state index contributed by atoms with van der Waals surface area (Å²) in [5, 5.41) is 11.8. The van der Waals surface area contributed by atoms with E-state index >= 15 is 0 Å². The van der Waals surface area contributed by atoms with Crippen molar-refractivity contribution in [2.24, 2.45) is 17.8 Å². The van der Waals surface area contributed by atoms with Gasteiger partial charge in [0.15, 0.2) is 0 Å². The number of nitrogens with one attached hydrogen (secondary N) is 1. The first-order valence-electron chi connectivity index (χ1n) is 7.23. The lowest BCUT2D eigenvalue weighted by atomic mass is 9.95. The normalized spacial score (nSPS) is 26.9. The molecule has 3 unspecified atom stereocenters. The molecular weight excluding hydrogens is 244 g/mol. The van der Waals surface area contributed by atoms with Gasteiger partial charge in [0.1, 0.15) is 0 Å². The van der Waals surface area contributed by atoms with Gasteiger partial charge in [-0.05, 0) is 31.7 Å². The Balaban J connectivity index is 1.70. The second kappa shape index (κ2) is 5.90. The standard InChI is InChI=1S/C14H24N2O3/c1-9(10(2)14(18)19)13(17)15-7-11-5-6-16(8-11)12-3-4-12/h9-12H,3-8H2,1-2H3,(H,15,17)(H,18,19). The summed E-state index contributed by atoms with van der Waals surface area (Å²) in [5.41, 5.74) is 0. The van der Waals surface area contributed by atoms with Gasteiger partial charge in [-0.1, -0.05) is 13.8 Å². The monoisotopic (exact) mass is 268 g/mol. The van der Waals surface area contributed by atoms with E-state index < -0.39 is 17.8 Å². The molecule has 0 spiro atoms. The molecular formula is C14H24N2O3. The van der Waals surface area contributed by atoms with E-state index in [0.29, 0.717) is 12.5 Å². The summed E-state index contributed by atoms with van der Waals surface area (Å²) in [5.74, 6) is -1.63. The van der Waals surface area contributed by atoms with E-state index in [2.05, 4.69) is 10.2 Å². The summed E-state index contributed by atoms with van der Waals surface area (Å²) in [7, 11) is 0. The van der Waals surface area contributed by atoms with Gasteiger partial charge in [0.25, 0.3) is 0 Å². The highest BCUT2D eigenvalue weighted by Gasteiger charge is 2.34. The van der Waals surface area contributed by atoms with Crippen LogP contribution in [0.4, 0.5) is 0 Å². The molecule has 1 amide bonds. The van der Waals surface area contributed by atoms with Gasteiger partial charge in [-0.25, -0.2) is 0 Å². The first-order chi connectivity index (χ1) is 8.99. The molecule has 1 saturated heterocycles. The molecule has 1 heterocycles. The predicted octanol–water partition coefficient (Wildman–Crippen LogP) is 0.944. The van der Waals surface area contributed by atoms with E-state index in [-0.39, 0.29) is 5.91 Å². The van der Waals surface area contributed by atoms with Crippen molar-refractivity contribution in [1.29, 1.82) is 0 Å². The molecule has 2 aliphatic rings. The molecule has 5 heteroatoms. The smallest absolute Gasteiger partial charge is 0.307 e. The first-order valence-corrected chi connectivity index (χ1v) is 7.23. The van der Waals surface area contributed by atoms with Crippen molar-refractivity contribution in [2.75, 3.05) is 19.6 Å². The molecule has 19 heavy (non-hydrogen) atoms. The van der Waals surface area contributed by atoms with Crippen LogP contribution in [0.5, 0.6) is 0 Å². The highest BCUT2D eigenvalue weighted by molar-refractivity contribution is 5.84.